The molecule has 1 amide bonds. The van der Waals surface area contributed by atoms with Crippen molar-refractivity contribution >= 4 is 24.3 Å². The quantitative estimate of drug-likeness (QED) is 0.335. The van der Waals surface area contributed by atoms with Crippen LogP contribution < -0.4 is 9.47 Å². The third-order valence-electron chi connectivity index (χ3n) is 5.41. The van der Waals surface area contributed by atoms with Gasteiger partial charge >= 0.3 is 5.97 Å². The van der Waals surface area contributed by atoms with Crippen molar-refractivity contribution in [2.75, 3.05) is 20.3 Å². The number of amides is 1. The number of aliphatic imine (C=N–C) groups is 1. The average molecular weight is 443 g/mol. The molecule has 0 saturated carbocycles. The zero-order valence-corrected chi connectivity index (χ0v) is 19.5. The molecule has 3 rings (SSSR count). The third-order valence-corrected chi connectivity index (χ3v) is 5.41. The molecular weight excluding hydrogens is 408 g/mol. The molecule has 0 spiro atoms. The molecule has 1 N–H and O–H groups in total. The summed E-state index contributed by atoms with van der Waals surface area (Å²) in [6, 6.07) is 3.55. The van der Waals surface area contributed by atoms with E-state index in [-0.39, 0.29) is 19.1 Å². The normalized spacial score (nSPS) is 17.5. The van der Waals surface area contributed by atoms with Crippen LogP contribution in [-0.4, -0.2) is 54.9 Å². The highest BCUT2D eigenvalue weighted by Crippen LogP contribution is 2.35. The van der Waals surface area contributed by atoms with Gasteiger partial charge in [-0.05, 0) is 55.4 Å². The Labute approximate surface area is 190 Å². The SMILES string of the molecule is CC.COc1cc(C)c(N=CC2CC3=C(CCC=C3)CN2C=O)cc1OCCCC(=O)O. The van der Waals surface area contributed by atoms with E-state index >= 15 is 0 Å². The molecule has 1 unspecified atom stereocenters. The second-order valence-electron chi connectivity index (χ2n) is 7.53. The highest BCUT2D eigenvalue weighted by Gasteiger charge is 2.25. The van der Waals surface area contributed by atoms with Crippen LogP contribution in [0.15, 0.2) is 40.4 Å². The number of hydrogen-bond acceptors (Lipinski definition) is 5. The van der Waals surface area contributed by atoms with Crippen LogP contribution in [0.2, 0.25) is 0 Å². The van der Waals surface area contributed by atoms with Crippen molar-refractivity contribution in [2.45, 2.75) is 58.9 Å². The van der Waals surface area contributed by atoms with Crippen molar-refractivity contribution in [3.63, 3.8) is 0 Å². The van der Waals surface area contributed by atoms with Crippen LogP contribution in [0.5, 0.6) is 11.5 Å². The summed E-state index contributed by atoms with van der Waals surface area (Å²) in [7, 11) is 1.56. The fourth-order valence-electron chi connectivity index (χ4n) is 3.72. The number of aliphatic carboxylic acids is 1. The number of carboxylic acids is 1. The number of ether oxygens (including phenoxy) is 2. The van der Waals surface area contributed by atoms with E-state index in [1.54, 1.807) is 18.1 Å². The molecule has 1 heterocycles. The molecule has 0 aromatic heterocycles. The Morgan fingerprint density at radius 3 is 2.78 bits per heavy atom. The molecule has 0 saturated heterocycles. The number of carbonyl (C=O) groups is 2. The maximum absolute atomic E-state index is 11.6. The first-order chi connectivity index (χ1) is 15.5. The lowest BCUT2D eigenvalue weighted by atomic mass is 9.89. The van der Waals surface area contributed by atoms with E-state index < -0.39 is 5.97 Å². The summed E-state index contributed by atoms with van der Waals surface area (Å²) in [5.41, 5.74) is 4.30. The Morgan fingerprint density at radius 2 is 2.09 bits per heavy atom. The molecule has 0 fully saturated rings. The molecule has 7 nitrogen and oxygen atoms in total. The molecule has 7 heteroatoms. The molecule has 32 heavy (non-hydrogen) atoms. The fourth-order valence-corrected chi connectivity index (χ4v) is 3.72. The minimum Gasteiger partial charge on any atom is -0.493 e. The lowest BCUT2D eigenvalue weighted by molar-refractivity contribution is -0.137. The van der Waals surface area contributed by atoms with E-state index in [2.05, 4.69) is 17.1 Å². The number of allylic oxidation sites excluding steroid dienone is 2. The van der Waals surface area contributed by atoms with E-state index in [0.29, 0.717) is 24.5 Å². The van der Waals surface area contributed by atoms with Gasteiger partial charge in [-0.3, -0.25) is 14.6 Å². The first-order valence-electron chi connectivity index (χ1n) is 11.2. The molecule has 174 valence electrons. The highest BCUT2D eigenvalue weighted by atomic mass is 16.5. The van der Waals surface area contributed by atoms with Gasteiger partial charge in [0.15, 0.2) is 11.5 Å². The van der Waals surface area contributed by atoms with E-state index in [1.807, 2.05) is 33.1 Å². The molecule has 2 aliphatic rings. The first kappa shape index (κ1) is 25.2. The number of hydrogen-bond donors (Lipinski definition) is 1. The van der Waals surface area contributed by atoms with Crippen molar-refractivity contribution in [3.8, 4) is 11.5 Å². The maximum Gasteiger partial charge on any atom is 0.303 e. The maximum atomic E-state index is 11.6. The summed E-state index contributed by atoms with van der Waals surface area (Å²) in [5, 5.41) is 8.76. The van der Waals surface area contributed by atoms with E-state index in [1.165, 1.54) is 11.1 Å². The minimum absolute atomic E-state index is 0.0503. The Hall–Kier alpha value is -3.09. The predicted octanol–water partition coefficient (Wildman–Crippen LogP) is 4.85. The second-order valence-corrected chi connectivity index (χ2v) is 7.53. The van der Waals surface area contributed by atoms with Crippen molar-refractivity contribution < 1.29 is 24.2 Å². The summed E-state index contributed by atoms with van der Waals surface area (Å²) in [6.07, 6.45) is 10.3. The van der Waals surface area contributed by atoms with E-state index in [4.69, 9.17) is 14.6 Å². The lowest BCUT2D eigenvalue weighted by Gasteiger charge is -2.34. The molecule has 1 aromatic carbocycles. The van der Waals surface area contributed by atoms with Gasteiger partial charge in [-0.25, -0.2) is 0 Å². The number of aryl methyl sites for hydroxylation is 1. The first-order valence-corrected chi connectivity index (χ1v) is 11.2. The predicted molar refractivity (Wildman–Crippen MR) is 126 cm³/mol. The van der Waals surface area contributed by atoms with Crippen molar-refractivity contribution in [1.29, 1.82) is 0 Å². The van der Waals surface area contributed by atoms with Crippen molar-refractivity contribution in [3.05, 3.63) is 41.0 Å². The van der Waals surface area contributed by atoms with Crippen LogP contribution >= 0.6 is 0 Å². The number of benzene rings is 1. The molecule has 1 aromatic rings. The zero-order valence-electron chi connectivity index (χ0n) is 19.5. The van der Waals surface area contributed by atoms with Gasteiger partial charge in [-0.15, -0.1) is 0 Å². The summed E-state index contributed by atoms with van der Waals surface area (Å²) >= 11 is 0. The van der Waals surface area contributed by atoms with Crippen LogP contribution in [0.25, 0.3) is 0 Å². The summed E-state index contributed by atoms with van der Waals surface area (Å²) in [4.78, 5) is 28.7. The van der Waals surface area contributed by atoms with Crippen LogP contribution in [-0.2, 0) is 9.59 Å². The zero-order chi connectivity index (χ0) is 23.5. The molecular formula is C25H34N2O5. The lowest BCUT2D eigenvalue weighted by Crippen LogP contribution is -2.41. The number of carboxylic acid groups (broad SMARTS) is 1. The number of carbonyl (C=O) groups excluding carboxylic acids is 1. The Balaban J connectivity index is 0.00000176. The molecule has 1 aliphatic heterocycles. The highest BCUT2D eigenvalue weighted by molar-refractivity contribution is 5.75. The third kappa shape index (κ3) is 6.70. The largest absolute Gasteiger partial charge is 0.493 e. The van der Waals surface area contributed by atoms with Crippen LogP contribution in [0.3, 0.4) is 0 Å². The number of methoxy groups -OCH3 is 1. The molecule has 1 aliphatic carbocycles. The second kappa shape index (κ2) is 12.7. The van der Waals surface area contributed by atoms with Gasteiger partial charge in [0.05, 0.1) is 25.4 Å². The minimum atomic E-state index is -0.849. The van der Waals surface area contributed by atoms with Crippen LogP contribution in [0.4, 0.5) is 5.69 Å². The molecule has 0 radical (unpaired) electrons. The van der Waals surface area contributed by atoms with E-state index in [9.17, 15) is 9.59 Å². The number of rotatable bonds is 9. The molecule has 0 bridgehead atoms. The topological polar surface area (TPSA) is 88.4 Å². The van der Waals surface area contributed by atoms with Gasteiger partial charge in [-0.1, -0.05) is 26.0 Å². The Kier molecular flexibility index (Phi) is 9.98. The van der Waals surface area contributed by atoms with Gasteiger partial charge in [0, 0.05) is 25.2 Å². The summed E-state index contributed by atoms with van der Waals surface area (Å²) in [5.74, 6) is 0.255. The van der Waals surface area contributed by atoms with E-state index in [0.717, 1.165) is 36.9 Å². The Bertz CT molecular complexity index is 889. The average Bonchev–Trinajstić information content (AvgIpc) is 2.81. The summed E-state index contributed by atoms with van der Waals surface area (Å²) < 4.78 is 11.1. The Morgan fingerprint density at radius 1 is 1.31 bits per heavy atom. The fraction of sp³-hybridized carbons (Fsp3) is 0.480. The molecule has 1 atom stereocenters. The van der Waals surface area contributed by atoms with Gasteiger partial charge in [0.2, 0.25) is 6.41 Å². The van der Waals surface area contributed by atoms with Gasteiger partial charge < -0.3 is 19.5 Å². The van der Waals surface area contributed by atoms with Gasteiger partial charge in [-0.2, -0.15) is 0 Å². The number of nitrogens with zero attached hydrogens (tertiary/aromatic N) is 2. The van der Waals surface area contributed by atoms with Crippen molar-refractivity contribution in [2.24, 2.45) is 4.99 Å². The van der Waals surface area contributed by atoms with Crippen LogP contribution in [0, 0.1) is 6.92 Å². The van der Waals surface area contributed by atoms with Gasteiger partial charge in [0.25, 0.3) is 0 Å². The van der Waals surface area contributed by atoms with Gasteiger partial charge in [0.1, 0.15) is 0 Å². The van der Waals surface area contributed by atoms with Crippen LogP contribution in [0.1, 0.15) is 51.5 Å². The monoisotopic (exact) mass is 442 g/mol. The standard InChI is InChI=1S/C23H28N2O5.C2H6/c1-16-10-21(29-2)22(30-9-5-8-23(27)28)12-20(16)24-13-19-11-17-6-3-4-7-18(17)14-25(19)15-26;1-2/h3,6,10,12-13,15,19H,4-5,7-9,11,14H2,1-2H3,(H,27,28);1-2H3. The smallest absolute Gasteiger partial charge is 0.303 e. The van der Waals surface area contributed by atoms with Crippen molar-refractivity contribution in [1.82, 2.24) is 4.90 Å². The summed E-state index contributed by atoms with van der Waals surface area (Å²) in [6.45, 7) is 6.87.